The van der Waals surface area contributed by atoms with Gasteiger partial charge in [0.05, 0.1) is 29.7 Å². The second-order valence-corrected chi connectivity index (χ2v) is 7.09. The van der Waals surface area contributed by atoms with Crippen LogP contribution in [-0.2, 0) is 6.54 Å². The van der Waals surface area contributed by atoms with Crippen molar-refractivity contribution in [3.8, 4) is 18.0 Å². The lowest BCUT2D eigenvalue weighted by atomic mass is 9.98. The van der Waals surface area contributed by atoms with Crippen LogP contribution in [0.4, 0.5) is 0 Å². The molecule has 1 aliphatic heterocycles. The summed E-state index contributed by atoms with van der Waals surface area (Å²) in [5.74, 6) is 2.36. The number of hydrogen-bond donors (Lipinski definition) is 2. The smallest absolute Gasteiger partial charge is 0.271 e. The molecule has 0 bridgehead atoms. The summed E-state index contributed by atoms with van der Waals surface area (Å²) >= 11 is 0. The van der Waals surface area contributed by atoms with E-state index in [1.807, 2.05) is 60.0 Å². The Morgan fingerprint density at radius 3 is 2.83 bits per heavy atom. The highest BCUT2D eigenvalue weighted by atomic mass is 16.3. The second-order valence-electron chi connectivity index (χ2n) is 7.09. The summed E-state index contributed by atoms with van der Waals surface area (Å²) in [6, 6.07) is 15.6. The van der Waals surface area contributed by atoms with Crippen LogP contribution in [0.1, 0.15) is 46.2 Å². The molecule has 1 amide bonds. The largest absolute Gasteiger partial charge is 0.391 e. The van der Waals surface area contributed by atoms with E-state index >= 15 is 0 Å². The minimum absolute atomic E-state index is 0.183. The number of amides is 1. The molecule has 0 saturated carbocycles. The van der Waals surface area contributed by atoms with Crippen LogP contribution < -0.4 is 5.32 Å². The number of carbonyl (C=O) groups is 1. The number of rotatable bonds is 5. The monoisotopic (exact) mass is 398 g/mol. The van der Waals surface area contributed by atoms with E-state index in [9.17, 15) is 9.90 Å². The van der Waals surface area contributed by atoms with E-state index in [0.717, 1.165) is 28.1 Å². The van der Waals surface area contributed by atoms with Gasteiger partial charge in [-0.1, -0.05) is 43.2 Å². The van der Waals surface area contributed by atoms with Crippen molar-refractivity contribution in [1.82, 2.24) is 14.9 Å². The number of hydrogen-bond acceptors (Lipinski definition) is 4. The minimum Gasteiger partial charge on any atom is -0.391 e. The van der Waals surface area contributed by atoms with Crippen LogP contribution in [0.15, 0.2) is 59.9 Å². The number of nitrogens with one attached hydrogen (secondary N) is 1. The molecular formula is C24H22N4O2. The molecule has 4 rings (SSSR count). The molecule has 2 N–H and O–H groups in total. The SMILES string of the molecule is C#Cc1ccc2c(c1)C(c1ccccc1)=NCc1c(C(=O)NCC(O)CC)ncn1-2. The molecule has 0 aliphatic carbocycles. The third-order valence-electron chi connectivity index (χ3n) is 5.16. The van der Waals surface area contributed by atoms with Crippen LogP contribution in [0.3, 0.4) is 0 Å². The number of benzene rings is 2. The fraction of sp³-hybridized carbons (Fsp3) is 0.208. The van der Waals surface area contributed by atoms with E-state index < -0.39 is 6.10 Å². The van der Waals surface area contributed by atoms with Crippen molar-refractivity contribution in [2.75, 3.05) is 6.54 Å². The van der Waals surface area contributed by atoms with Gasteiger partial charge in [-0.2, -0.15) is 0 Å². The molecule has 150 valence electrons. The van der Waals surface area contributed by atoms with Gasteiger partial charge >= 0.3 is 0 Å². The molecule has 2 heterocycles. The summed E-state index contributed by atoms with van der Waals surface area (Å²) in [5, 5.41) is 12.5. The maximum atomic E-state index is 12.7. The van der Waals surface area contributed by atoms with Gasteiger partial charge in [0.25, 0.3) is 5.91 Å². The molecule has 1 aliphatic rings. The number of carbonyl (C=O) groups excluding carboxylic acids is 1. The van der Waals surface area contributed by atoms with Crippen molar-refractivity contribution in [1.29, 1.82) is 0 Å². The number of nitrogens with zero attached hydrogens (tertiary/aromatic N) is 3. The molecule has 0 fully saturated rings. The molecule has 6 nitrogen and oxygen atoms in total. The highest BCUT2D eigenvalue weighted by Gasteiger charge is 2.24. The highest BCUT2D eigenvalue weighted by Crippen LogP contribution is 2.27. The molecule has 0 radical (unpaired) electrons. The van der Waals surface area contributed by atoms with Crippen molar-refractivity contribution in [3.05, 3.63) is 82.9 Å². The molecule has 1 atom stereocenters. The van der Waals surface area contributed by atoms with Crippen LogP contribution in [0.2, 0.25) is 0 Å². The molecule has 1 aromatic heterocycles. The molecule has 3 aromatic rings. The van der Waals surface area contributed by atoms with Crippen LogP contribution in [0, 0.1) is 12.3 Å². The number of aliphatic hydroxyl groups is 1. The molecule has 0 spiro atoms. The standard InChI is InChI=1S/C24H22N4O2/c1-3-16-10-11-20-19(12-16)22(17-8-6-5-7-9-17)25-14-21-23(27-15-28(20)21)24(30)26-13-18(29)4-2/h1,5-12,15,18,29H,4,13-14H2,2H3,(H,26,30). The van der Waals surface area contributed by atoms with E-state index in [4.69, 9.17) is 11.4 Å². The number of fused-ring (bicyclic) bond motifs is 3. The van der Waals surface area contributed by atoms with Gasteiger partial charge in [-0.15, -0.1) is 6.42 Å². The highest BCUT2D eigenvalue weighted by molar-refractivity contribution is 6.15. The molecule has 2 aromatic carbocycles. The van der Waals surface area contributed by atoms with Gasteiger partial charge in [-0.25, -0.2) is 4.98 Å². The van der Waals surface area contributed by atoms with Crippen LogP contribution in [0.25, 0.3) is 5.69 Å². The lowest BCUT2D eigenvalue weighted by Gasteiger charge is -2.12. The molecule has 0 saturated heterocycles. The molecular weight excluding hydrogens is 376 g/mol. The van der Waals surface area contributed by atoms with Crippen molar-refractivity contribution in [3.63, 3.8) is 0 Å². The maximum Gasteiger partial charge on any atom is 0.271 e. The Balaban J connectivity index is 1.80. The number of terminal acetylenes is 1. The summed E-state index contributed by atoms with van der Waals surface area (Å²) in [5.41, 5.74) is 5.31. The van der Waals surface area contributed by atoms with Crippen molar-refractivity contribution < 1.29 is 9.90 Å². The van der Waals surface area contributed by atoms with Crippen molar-refractivity contribution >= 4 is 11.6 Å². The Labute approximate surface area is 175 Å². The Bertz CT molecular complexity index is 1160. The zero-order valence-electron chi connectivity index (χ0n) is 16.7. The van der Waals surface area contributed by atoms with E-state index in [0.29, 0.717) is 24.4 Å². The first-order valence-electron chi connectivity index (χ1n) is 9.86. The van der Waals surface area contributed by atoms with E-state index in [1.54, 1.807) is 6.33 Å². The van der Waals surface area contributed by atoms with Gasteiger partial charge in [0, 0.05) is 23.2 Å². The first-order valence-corrected chi connectivity index (χ1v) is 9.86. The second kappa shape index (κ2) is 8.36. The van der Waals surface area contributed by atoms with Crippen LogP contribution in [-0.4, -0.2) is 38.9 Å². The average molecular weight is 398 g/mol. The van der Waals surface area contributed by atoms with E-state index in [-0.39, 0.29) is 12.5 Å². The van der Waals surface area contributed by atoms with Gasteiger partial charge in [0.1, 0.15) is 6.33 Å². The van der Waals surface area contributed by atoms with Gasteiger partial charge in [-0.05, 0) is 24.6 Å². The predicted molar refractivity (Wildman–Crippen MR) is 116 cm³/mol. The number of aliphatic imine (C=N–C) groups is 1. The first-order chi connectivity index (χ1) is 14.6. The fourth-order valence-electron chi connectivity index (χ4n) is 3.47. The first kappa shape index (κ1) is 19.6. The van der Waals surface area contributed by atoms with Crippen molar-refractivity contribution in [2.24, 2.45) is 4.99 Å². The summed E-state index contributed by atoms with van der Waals surface area (Å²) in [6.45, 7) is 2.34. The Kier molecular flexibility index (Phi) is 5.46. The Morgan fingerprint density at radius 1 is 1.30 bits per heavy atom. The van der Waals surface area contributed by atoms with Gasteiger partial charge in [-0.3, -0.25) is 14.4 Å². The summed E-state index contributed by atoms with van der Waals surface area (Å²) in [7, 11) is 0. The lowest BCUT2D eigenvalue weighted by molar-refractivity contribution is 0.0908. The zero-order chi connectivity index (χ0) is 21.1. The summed E-state index contributed by atoms with van der Waals surface area (Å²) in [6.07, 6.45) is 7.25. The third-order valence-corrected chi connectivity index (χ3v) is 5.16. The number of aromatic nitrogens is 2. The van der Waals surface area contributed by atoms with E-state index in [1.165, 1.54) is 0 Å². The average Bonchev–Trinajstić information content (AvgIpc) is 3.14. The summed E-state index contributed by atoms with van der Waals surface area (Å²) in [4.78, 5) is 21.9. The Hall–Kier alpha value is -3.69. The van der Waals surface area contributed by atoms with Gasteiger partial charge in [0.15, 0.2) is 5.69 Å². The van der Waals surface area contributed by atoms with Crippen LogP contribution >= 0.6 is 0 Å². The summed E-state index contributed by atoms with van der Waals surface area (Å²) < 4.78 is 1.89. The minimum atomic E-state index is -0.583. The zero-order valence-corrected chi connectivity index (χ0v) is 16.7. The quantitative estimate of drug-likeness (QED) is 0.649. The Morgan fingerprint density at radius 2 is 2.10 bits per heavy atom. The van der Waals surface area contributed by atoms with Crippen molar-refractivity contribution in [2.45, 2.75) is 26.0 Å². The van der Waals surface area contributed by atoms with Gasteiger partial charge < -0.3 is 10.4 Å². The third kappa shape index (κ3) is 3.63. The molecule has 6 heteroatoms. The maximum absolute atomic E-state index is 12.7. The number of aliphatic hydroxyl groups excluding tert-OH is 1. The predicted octanol–water partition coefficient (Wildman–Crippen LogP) is 2.71. The van der Waals surface area contributed by atoms with Crippen LogP contribution in [0.5, 0.6) is 0 Å². The lowest BCUT2D eigenvalue weighted by Crippen LogP contribution is -2.32. The topological polar surface area (TPSA) is 79.5 Å². The molecule has 1 unspecified atom stereocenters. The van der Waals surface area contributed by atoms with E-state index in [2.05, 4.69) is 16.2 Å². The molecule has 30 heavy (non-hydrogen) atoms. The van der Waals surface area contributed by atoms with Gasteiger partial charge in [0.2, 0.25) is 0 Å². The number of imidazole rings is 1. The normalized spacial score (nSPS) is 13.3. The fourth-order valence-corrected chi connectivity index (χ4v) is 3.47.